The van der Waals surface area contributed by atoms with Gasteiger partial charge >= 0.3 is 30.2 Å². The Balaban J connectivity index is 4.92. The topological polar surface area (TPSA) is 26.3 Å². The van der Waals surface area contributed by atoms with Crippen LogP contribution in [0, 0.1) is 0 Å². The lowest BCUT2D eigenvalue weighted by atomic mass is 10.1. The maximum Gasteiger partial charge on any atom is 0.381 e. The maximum absolute atomic E-state index is 12.8. The highest BCUT2D eigenvalue weighted by molar-refractivity contribution is 5.69. The van der Waals surface area contributed by atoms with Crippen molar-refractivity contribution in [2.75, 3.05) is 6.61 Å². The van der Waals surface area contributed by atoms with Gasteiger partial charge in [-0.3, -0.25) is 4.79 Å². The first kappa shape index (κ1) is 17.9. The Morgan fingerprint density at radius 1 is 1.11 bits per heavy atom. The molecule has 2 nitrogen and oxygen atoms in total. The van der Waals surface area contributed by atoms with Gasteiger partial charge in [-0.25, -0.2) is 8.78 Å². The van der Waals surface area contributed by atoms with Crippen LogP contribution in [-0.4, -0.2) is 36.8 Å². The van der Waals surface area contributed by atoms with Crippen LogP contribution in [0.1, 0.15) is 19.8 Å². The number of halogens is 8. The number of carbonyl (C=O) groups excluding carboxylic acids is 1. The van der Waals surface area contributed by atoms with Crippen LogP contribution in [0.2, 0.25) is 0 Å². The van der Waals surface area contributed by atoms with Gasteiger partial charge in [0.15, 0.2) is 6.61 Å². The minimum Gasteiger partial charge on any atom is -0.459 e. The number of esters is 1. The number of alkyl halides is 8. The molecule has 0 radical (unpaired) electrons. The Kier molecular flexibility index (Phi) is 5.57. The number of hydrogen-bond acceptors (Lipinski definition) is 2. The molecular formula is C9H10F8O2. The van der Waals surface area contributed by atoms with Crippen LogP contribution in [0.4, 0.5) is 35.1 Å². The van der Waals surface area contributed by atoms with E-state index in [1.807, 2.05) is 0 Å². The molecule has 0 aromatic rings. The summed E-state index contributed by atoms with van der Waals surface area (Å²) in [4.78, 5) is 10.7. The average molecular weight is 302 g/mol. The molecule has 0 amide bonds. The molecule has 114 valence electrons. The first-order chi connectivity index (χ1) is 8.40. The summed E-state index contributed by atoms with van der Waals surface area (Å²) < 4.78 is 103. The average Bonchev–Trinajstić information content (AvgIpc) is 2.26. The standard InChI is InChI=1S/C9H10F8O2/c1-2-3-5(18)19-4-7(12,13)9(16,17)8(14,15)6(10)11/h6H,2-4H2,1H3. The lowest BCUT2D eigenvalue weighted by Gasteiger charge is -2.31. The second-order valence-corrected chi connectivity index (χ2v) is 3.61. The van der Waals surface area contributed by atoms with Gasteiger partial charge in [-0.15, -0.1) is 0 Å². The van der Waals surface area contributed by atoms with E-state index in [1.165, 1.54) is 6.92 Å². The third-order valence-corrected chi connectivity index (χ3v) is 2.02. The predicted octanol–water partition coefficient (Wildman–Crippen LogP) is 3.50. The van der Waals surface area contributed by atoms with Gasteiger partial charge in [-0.05, 0) is 6.42 Å². The molecule has 0 unspecified atom stereocenters. The summed E-state index contributed by atoms with van der Waals surface area (Å²) in [5.74, 6) is -19.5. The number of rotatable bonds is 7. The highest BCUT2D eigenvalue weighted by Gasteiger charge is 2.75. The smallest absolute Gasteiger partial charge is 0.381 e. The molecule has 0 aromatic carbocycles. The molecule has 0 aliphatic rings. The fourth-order valence-electron chi connectivity index (χ4n) is 0.919. The van der Waals surface area contributed by atoms with Crippen molar-refractivity contribution < 1.29 is 44.7 Å². The largest absolute Gasteiger partial charge is 0.459 e. The molecule has 19 heavy (non-hydrogen) atoms. The monoisotopic (exact) mass is 302 g/mol. The molecule has 0 heterocycles. The molecule has 0 bridgehead atoms. The number of hydrogen-bond donors (Lipinski definition) is 0. The van der Waals surface area contributed by atoms with E-state index in [0.717, 1.165) is 0 Å². The van der Waals surface area contributed by atoms with Gasteiger partial charge in [0.1, 0.15) is 0 Å². The summed E-state index contributed by atoms with van der Waals surface area (Å²) >= 11 is 0. The van der Waals surface area contributed by atoms with Gasteiger partial charge in [-0.2, -0.15) is 26.3 Å². The normalized spacial score (nSPS) is 13.8. The van der Waals surface area contributed by atoms with Crippen molar-refractivity contribution in [1.29, 1.82) is 0 Å². The van der Waals surface area contributed by atoms with Gasteiger partial charge in [-0.1, -0.05) is 6.92 Å². The lowest BCUT2D eigenvalue weighted by molar-refractivity contribution is -0.344. The Morgan fingerprint density at radius 3 is 1.95 bits per heavy atom. The fourth-order valence-corrected chi connectivity index (χ4v) is 0.919. The zero-order valence-electron chi connectivity index (χ0n) is 9.54. The van der Waals surface area contributed by atoms with Gasteiger partial charge in [0.25, 0.3) is 0 Å². The van der Waals surface area contributed by atoms with E-state index in [1.54, 1.807) is 0 Å². The molecule has 0 rings (SSSR count). The van der Waals surface area contributed by atoms with Crippen LogP contribution >= 0.6 is 0 Å². The molecular weight excluding hydrogens is 292 g/mol. The van der Waals surface area contributed by atoms with Gasteiger partial charge in [0.05, 0.1) is 0 Å². The molecule has 0 saturated heterocycles. The molecule has 0 aromatic heterocycles. The van der Waals surface area contributed by atoms with Crippen LogP contribution in [-0.2, 0) is 9.53 Å². The van der Waals surface area contributed by atoms with Gasteiger partial charge in [0.2, 0.25) is 0 Å². The Morgan fingerprint density at radius 2 is 1.58 bits per heavy atom. The zero-order valence-corrected chi connectivity index (χ0v) is 9.54. The van der Waals surface area contributed by atoms with Crippen LogP contribution < -0.4 is 0 Å². The van der Waals surface area contributed by atoms with Crippen molar-refractivity contribution in [2.24, 2.45) is 0 Å². The third-order valence-electron chi connectivity index (χ3n) is 2.02. The van der Waals surface area contributed by atoms with Crippen LogP contribution in [0.25, 0.3) is 0 Å². The summed E-state index contributed by atoms with van der Waals surface area (Å²) in [6.07, 6.45) is -5.24. The molecule has 0 atom stereocenters. The first-order valence-electron chi connectivity index (χ1n) is 4.97. The van der Waals surface area contributed by atoms with Crippen molar-refractivity contribution in [3.63, 3.8) is 0 Å². The van der Waals surface area contributed by atoms with E-state index in [9.17, 15) is 39.9 Å². The summed E-state index contributed by atoms with van der Waals surface area (Å²) in [6, 6.07) is 0. The highest BCUT2D eigenvalue weighted by atomic mass is 19.4. The summed E-state index contributed by atoms with van der Waals surface area (Å²) in [7, 11) is 0. The Labute approximate surface area is 102 Å². The molecule has 0 N–H and O–H groups in total. The summed E-state index contributed by atoms with van der Waals surface area (Å²) in [5.41, 5.74) is 0. The Hall–Kier alpha value is -1.09. The van der Waals surface area contributed by atoms with E-state index in [2.05, 4.69) is 4.74 Å². The fraction of sp³-hybridized carbons (Fsp3) is 0.889. The minimum absolute atomic E-state index is 0.147. The Bertz CT molecular complexity index is 315. The highest BCUT2D eigenvalue weighted by Crippen LogP contribution is 2.48. The number of carbonyl (C=O) groups is 1. The second kappa shape index (κ2) is 5.91. The lowest BCUT2D eigenvalue weighted by Crippen LogP contribution is -2.59. The van der Waals surface area contributed by atoms with Gasteiger partial charge < -0.3 is 4.74 Å². The molecule has 0 fully saturated rings. The van der Waals surface area contributed by atoms with Crippen LogP contribution in [0.5, 0.6) is 0 Å². The quantitative estimate of drug-likeness (QED) is 0.531. The van der Waals surface area contributed by atoms with Crippen molar-refractivity contribution in [3.8, 4) is 0 Å². The molecule has 0 aliphatic carbocycles. The molecule has 0 aliphatic heterocycles. The van der Waals surface area contributed by atoms with Crippen LogP contribution in [0.15, 0.2) is 0 Å². The minimum atomic E-state index is -6.35. The second-order valence-electron chi connectivity index (χ2n) is 3.61. The van der Waals surface area contributed by atoms with Crippen molar-refractivity contribution >= 4 is 5.97 Å². The van der Waals surface area contributed by atoms with Crippen molar-refractivity contribution in [3.05, 3.63) is 0 Å². The molecule has 10 heteroatoms. The van der Waals surface area contributed by atoms with E-state index in [0.29, 0.717) is 0 Å². The van der Waals surface area contributed by atoms with E-state index in [4.69, 9.17) is 0 Å². The summed E-state index contributed by atoms with van der Waals surface area (Å²) in [6.45, 7) is -0.958. The molecule has 0 saturated carbocycles. The number of ether oxygens (including phenoxy) is 1. The SMILES string of the molecule is CCCC(=O)OCC(F)(F)C(F)(F)C(F)(F)C(F)F. The van der Waals surface area contributed by atoms with Crippen molar-refractivity contribution in [2.45, 2.75) is 44.0 Å². The first-order valence-corrected chi connectivity index (χ1v) is 4.97. The van der Waals surface area contributed by atoms with E-state index >= 15 is 0 Å². The summed E-state index contributed by atoms with van der Waals surface area (Å²) in [5, 5.41) is 0. The van der Waals surface area contributed by atoms with E-state index in [-0.39, 0.29) is 6.42 Å². The van der Waals surface area contributed by atoms with Crippen LogP contribution in [0.3, 0.4) is 0 Å². The van der Waals surface area contributed by atoms with E-state index < -0.39 is 43.2 Å². The zero-order chi connectivity index (χ0) is 15.5. The third kappa shape index (κ3) is 3.69. The van der Waals surface area contributed by atoms with Crippen molar-refractivity contribution in [1.82, 2.24) is 0 Å². The predicted molar refractivity (Wildman–Crippen MR) is 46.7 cm³/mol. The maximum atomic E-state index is 12.8. The van der Waals surface area contributed by atoms with Gasteiger partial charge in [0, 0.05) is 6.42 Å². The molecule has 0 spiro atoms.